The second-order valence-corrected chi connectivity index (χ2v) is 8.63. The minimum Gasteiger partial charge on any atom is -0.387 e. The highest BCUT2D eigenvalue weighted by Crippen LogP contribution is 2.24. The maximum absolute atomic E-state index is 10.9. The summed E-state index contributed by atoms with van der Waals surface area (Å²) in [6, 6.07) is 11.0. The van der Waals surface area contributed by atoms with Gasteiger partial charge >= 0.3 is 0 Å². The van der Waals surface area contributed by atoms with Crippen LogP contribution in [0.5, 0.6) is 0 Å². The quantitative estimate of drug-likeness (QED) is 0.417. The Labute approximate surface area is 181 Å². The summed E-state index contributed by atoms with van der Waals surface area (Å²) in [7, 11) is 0. The van der Waals surface area contributed by atoms with E-state index < -0.39 is 5.60 Å². The number of aliphatic hydroxyl groups is 1. The van der Waals surface area contributed by atoms with E-state index in [9.17, 15) is 5.11 Å². The van der Waals surface area contributed by atoms with E-state index >= 15 is 0 Å². The Balaban J connectivity index is 1.59. The molecule has 2 heterocycles. The van der Waals surface area contributed by atoms with Gasteiger partial charge in [-0.05, 0) is 45.3 Å². The molecule has 0 amide bonds. The molecule has 0 spiro atoms. The van der Waals surface area contributed by atoms with Crippen molar-refractivity contribution in [3.63, 3.8) is 0 Å². The van der Waals surface area contributed by atoms with Crippen LogP contribution in [0.3, 0.4) is 0 Å². The molecule has 2 fully saturated rings. The molecule has 2 unspecified atom stereocenters. The van der Waals surface area contributed by atoms with Crippen molar-refractivity contribution in [3.05, 3.63) is 35.9 Å². The molecule has 0 aromatic heterocycles. The molecule has 2 aliphatic rings. The first-order valence-corrected chi connectivity index (χ1v) is 11.4. The zero-order chi connectivity index (χ0) is 21.2. The first-order valence-electron chi connectivity index (χ1n) is 11.4. The molecule has 3 rings (SSSR count). The topological polar surface area (TPSA) is 72.4 Å². The van der Waals surface area contributed by atoms with Crippen LogP contribution in [0.2, 0.25) is 0 Å². The normalized spacial score (nSPS) is 21.9. The Kier molecular flexibility index (Phi) is 8.93. The standard InChI is InChI=1S/C23H39N5O2/c1-3-24-22(26-18-23(2,29)19-27-13-15-30-16-14-27)25-17-21(28-11-7-8-12-28)20-9-5-4-6-10-20/h4-6,9-10,21,29H,3,7-8,11-19H2,1-2H3,(H2,24,25,26). The molecule has 3 N–H and O–H groups in total. The van der Waals surface area contributed by atoms with E-state index in [-0.39, 0.29) is 0 Å². The van der Waals surface area contributed by atoms with Gasteiger partial charge in [0.05, 0.1) is 31.4 Å². The summed E-state index contributed by atoms with van der Waals surface area (Å²) < 4.78 is 5.40. The van der Waals surface area contributed by atoms with Crippen LogP contribution in [0.15, 0.2) is 35.3 Å². The number of hydrogen-bond donors (Lipinski definition) is 3. The molecule has 7 nitrogen and oxygen atoms in total. The molecular weight excluding hydrogens is 378 g/mol. The summed E-state index contributed by atoms with van der Waals surface area (Å²) in [6.07, 6.45) is 2.53. The predicted octanol–water partition coefficient (Wildman–Crippen LogP) is 1.46. The summed E-state index contributed by atoms with van der Waals surface area (Å²) >= 11 is 0. The molecule has 30 heavy (non-hydrogen) atoms. The number of nitrogens with one attached hydrogen (secondary N) is 2. The smallest absolute Gasteiger partial charge is 0.191 e. The molecule has 2 aliphatic heterocycles. The lowest BCUT2D eigenvalue weighted by atomic mass is 10.1. The van der Waals surface area contributed by atoms with E-state index in [1.54, 1.807) is 0 Å². The fourth-order valence-electron chi connectivity index (χ4n) is 4.26. The van der Waals surface area contributed by atoms with Crippen LogP contribution in [-0.4, -0.2) is 92.0 Å². The number of guanidine groups is 1. The van der Waals surface area contributed by atoms with Gasteiger partial charge < -0.3 is 20.5 Å². The first-order chi connectivity index (χ1) is 14.6. The van der Waals surface area contributed by atoms with Crippen LogP contribution in [0.1, 0.15) is 38.3 Å². The number of nitrogens with zero attached hydrogens (tertiary/aromatic N) is 3. The maximum Gasteiger partial charge on any atom is 0.191 e. The summed E-state index contributed by atoms with van der Waals surface area (Å²) in [5.41, 5.74) is 0.468. The average Bonchev–Trinajstić information content (AvgIpc) is 3.28. The lowest BCUT2D eigenvalue weighted by Crippen LogP contribution is -2.48. The van der Waals surface area contributed by atoms with Crippen LogP contribution in [-0.2, 0) is 4.74 Å². The highest BCUT2D eigenvalue weighted by molar-refractivity contribution is 5.79. The van der Waals surface area contributed by atoms with Crippen LogP contribution in [0.4, 0.5) is 0 Å². The second-order valence-electron chi connectivity index (χ2n) is 8.63. The third-order valence-electron chi connectivity index (χ3n) is 5.82. The van der Waals surface area contributed by atoms with Gasteiger partial charge in [-0.3, -0.25) is 14.8 Å². The Hall–Kier alpha value is -1.67. The van der Waals surface area contributed by atoms with Gasteiger partial charge in [0.15, 0.2) is 5.96 Å². The van der Waals surface area contributed by atoms with E-state index in [4.69, 9.17) is 9.73 Å². The van der Waals surface area contributed by atoms with Crippen molar-refractivity contribution < 1.29 is 9.84 Å². The first kappa shape index (κ1) is 23.0. The molecule has 0 bridgehead atoms. The van der Waals surface area contributed by atoms with Crippen molar-refractivity contribution in [2.75, 3.05) is 65.6 Å². The fraction of sp³-hybridized carbons (Fsp3) is 0.696. The van der Waals surface area contributed by atoms with Crippen LogP contribution in [0.25, 0.3) is 0 Å². The fourth-order valence-corrected chi connectivity index (χ4v) is 4.26. The van der Waals surface area contributed by atoms with Crippen molar-refractivity contribution in [2.45, 2.75) is 38.3 Å². The van der Waals surface area contributed by atoms with E-state index in [0.717, 1.165) is 58.4 Å². The SMILES string of the molecule is CCNC(=NCC(C)(O)CN1CCOCC1)NCC(c1ccccc1)N1CCCC1. The summed E-state index contributed by atoms with van der Waals surface area (Å²) in [5.74, 6) is 0.764. The minimum absolute atomic E-state index is 0.325. The molecule has 1 aromatic carbocycles. The summed E-state index contributed by atoms with van der Waals surface area (Å²) in [4.78, 5) is 9.52. The monoisotopic (exact) mass is 417 g/mol. The Morgan fingerprint density at radius 1 is 1.13 bits per heavy atom. The van der Waals surface area contributed by atoms with Gasteiger partial charge in [0.25, 0.3) is 0 Å². The van der Waals surface area contributed by atoms with Crippen molar-refractivity contribution >= 4 is 5.96 Å². The highest BCUT2D eigenvalue weighted by atomic mass is 16.5. The molecule has 0 saturated carbocycles. The number of aliphatic imine (C=N–C) groups is 1. The van der Waals surface area contributed by atoms with Crippen molar-refractivity contribution in [1.29, 1.82) is 0 Å². The van der Waals surface area contributed by atoms with Gasteiger partial charge in [-0.25, -0.2) is 0 Å². The van der Waals surface area contributed by atoms with Crippen LogP contribution in [0, 0.1) is 0 Å². The molecule has 168 valence electrons. The van der Waals surface area contributed by atoms with E-state index in [2.05, 4.69) is 57.7 Å². The molecule has 1 aromatic rings. The van der Waals surface area contributed by atoms with Gasteiger partial charge in [-0.15, -0.1) is 0 Å². The van der Waals surface area contributed by atoms with Crippen molar-refractivity contribution in [1.82, 2.24) is 20.4 Å². The lowest BCUT2D eigenvalue weighted by molar-refractivity contribution is -0.0180. The van der Waals surface area contributed by atoms with Gasteiger partial charge in [0.1, 0.15) is 0 Å². The van der Waals surface area contributed by atoms with Gasteiger partial charge in [0, 0.05) is 32.7 Å². The van der Waals surface area contributed by atoms with Crippen molar-refractivity contribution in [2.24, 2.45) is 4.99 Å². The number of rotatable bonds is 9. The highest BCUT2D eigenvalue weighted by Gasteiger charge is 2.26. The van der Waals surface area contributed by atoms with Crippen LogP contribution >= 0.6 is 0 Å². The summed E-state index contributed by atoms with van der Waals surface area (Å²) in [5, 5.41) is 17.7. The van der Waals surface area contributed by atoms with Gasteiger partial charge in [-0.1, -0.05) is 30.3 Å². The number of likely N-dealkylation sites (tertiary alicyclic amines) is 1. The number of morpholine rings is 1. The molecule has 2 saturated heterocycles. The average molecular weight is 418 g/mol. The zero-order valence-corrected chi connectivity index (χ0v) is 18.6. The Morgan fingerprint density at radius 2 is 1.83 bits per heavy atom. The molecule has 0 aliphatic carbocycles. The van der Waals surface area contributed by atoms with E-state index in [0.29, 0.717) is 19.1 Å². The number of ether oxygens (including phenoxy) is 1. The summed E-state index contributed by atoms with van der Waals surface area (Å²) in [6.45, 7) is 12.0. The third kappa shape index (κ3) is 7.23. The van der Waals surface area contributed by atoms with E-state index in [1.807, 2.05) is 6.92 Å². The van der Waals surface area contributed by atoms with Gasteiger partial charge in [-0.2, -0.15) is 0 Å². The predicted molar refractivity (Wildman–Crippen MR) is 122 cm³/mol. The molecule has 0 radical (unpaired) electrons. The van der Waals surface area contributed by atoms with Crippen molar-refractivity contribution in [3.8, 4) is 0 Å². The number of benzene rings is 1. The lowest BCUT2D eigenvalue weighted by Gasteiger charge is -2.33. The molecular formula is C23H39N5O2. The Morgan fingerprint density at radius 3 is 2.50 bits per heavy atom. The van der Waals surface area contributed by atoms with Gasteiger partial charge in [0.2, 0.25) is 0 Å². The number of β-amino-alcohol motifs (C(OH)–C–C–N with tert-alkyl or cyclic N) is 1. The Bertz CT molecular complexity index is 640. The largest absolute Gasteiger partial charge is 0.387 e. The third-order valence-corrected chi connectivity index (χ3v) is 5.82. The van der Waals surface area contributed by atoms with Crippen LogP contribution < -0.4 is 10.6 Å². The second kappa shape index (κ2) is 11.6. The zero-order valence-electron chi connectivity index (χ0n) is 18.6. The van der Waals surface area contributed by atoms with E-state index in [1.165, 1.54) is 18.4 Å². The molecule has 7 heteroatoms. The minimum atomic E-state index is -0.868. The molecule has 2 atom stereocenters. The number of hydrogen-bond acceptors (Lipinski definition) is 5. The maximum atomic E-state index is 10.9.